The van der Waals surface area contributed by atoms with Crippen LogP contribution in [0.5, 0.6) is 0 Å². The highest BCUT2D eigenvalue weighted by Crippen LogP contribution is 2.29. The summed E-state index contributed by atoms with van der Waals surface area (Å²) in [5.74, 6) is 0.0144. The predicted molar refractivity (Wildman–Crippen MR) is 119 cm³/mol. The average Bonchev–Trinajstić information content (AvgIpc) is 2.73. The maximum Gasteiger partial charge on any atom is 0.246 e. The molecule has 0 bridgehead atoms. The van der Waals surface area contributed by atoms with Gasteiger partial charge in [-0.2, -0.15) is 0 Å². The molecule has 0 aromatic heterocycles. The Balaban J connectivity index is 1.55. The predicted octanol–water partition coefficient (Wildman–Crippen LogP) is 4.44. The molecule has 1 aliphatic rings. The Labute approximate surface area is 177 Å². The standard InChI is InChI=1S/C23H26ClN3O2/c1-2-6-22(28)25-19-10-11-21(20(24)17-19)26-13-15-27(16-14-26)23(29)12-9-18-7-4-3-5-8-18/h3-5,7-12,17H,2,6,13-16H2,1H3,(H,25,28). The van der Waals surface area contributed by atoms with Gasteiger partial charge in [-0.3, -0.25) is 9.59 Å². The van der Waals surface area contributed by atoms with E-state index < -0.39 is 0 Å². The molecule has 0 aliphatic carbocycles. The molecule has 2 amide bonds. The van der Waals surface area contributed by atoms with E-state index in [1.54, 1.807) is 12.1 Å². The fourth-order valence-corrected chi connectivity index (χ4v) is 3.60. The van der Waals surface area contributed by atoms with E-state index in [-0.39, 0.29) is 11.8 Å². The van der Waals surface area contributed by atoms with Gasteiger partial charge in [-0.1, -0.05) is 48.9 Å². The summed E-state index contributed by atoms with van der Waals surface area (Å²) in [6, 6.07) is 15.4. The summed E-state index contributed by atoms with van der Waals surface area (Å²) in [7, 11) is 0. The monoisotopic (exact) mass is 411 g/mol. The summed E-state index contributed by atoms with van der Waals surface area (Å²) in [4.78, 5) is 28.2. The SMILES string of the molecule is CCCC(=O)Nc1ccc(N2CCN(C(=O)C=Cc3ccccc3)CC2)c(Cl)c1. The van der Waals surface area contributed by atoms with Crippen molar-refractivity contribution in [3.63, 3.8) is 0 Å². The lowest BCUT2D eigenvalue weighted by Gasteiger charge is -2.36. The van der Waals surface area contributed by atoms with Gasteiger partial charge in [0.05, 0.1) is 10.7 Å². The van der Waals surface area contributed by atoms with E-state index >= 15 is 0 Å². The van der Waals surface area contributed by atoms with Crippen molar-refractivity contribution in [2.75, 3.05) is 36.4 Å². The molecule has 0 atom stereocenters. The van der Waals surface area contributed by atoms with Gasteiger partial charge in [-0.05, 0) is 36.3 Å². The number of hydrogen-bond donors (Lipinski definition) is 1. The highest BCUT2D eigenvalue weighted by molar-refractivity contribution is 6.33. The molecule has 2 aromatic rings. The van der Waals surface area contributed by atoms with Gasteiger partial charge >= 0.3 is 0 Å². The van der Waals surface area contributed by atoms with Gasteiger partial charge in [0.1, 0.15) is 0 Å². The molecule has 1 heterocycles. The third-order valence-corrected chi connectivity index (χ3v) is 5.16. The number of carbonyl (C=O) groups is 2. The summed E-state index contributed by atoms with van der Waals surface area (Å²) in [6.45, 7) is 4.68. The third kappa shape index (κ3) is 5.84. The smallest absolute Gasteiger partial charge is 0.246 e. The van der Waals surface area contributed by atoms with Gasteiger partial charge in [0, 0.05) is 44.4 Å². The second kappa shape index (κ2) is 10.1. The molecule has 1 saturated heterocycles. The van der Waals surface area contributed by atoms with Crippen LogP contribution in [0.2, 0.25) is 5.02 Å². The van der Waals surface area contributed by atoms with Crippen LogP contribution >= 0.6 is 11.6 Å². The number of amides is 2. The molecular weight excluding hydrogens is 386 g/mol. The van der Waals surface area contributed by atoms with Crippen molar-refractivity contribution < 1.29 is 9.59 Å². The molecule has 29 heavy (non-hydrogen) atoms. The number of rotatable bonds is 6. The number of nitrogens with zero attached hydrogens (tertiary/aromatic N) is 2. The summed E-state index contributed by atoms with van der Waals surface area (Å²) in [6.07, 6.45) is 4.78. The molecule has 5 nitrogen and oxygen atoms in total. The Morgan fingerprint density at radius 2 is 1.79 bits per heavy atom. The number of benzene rings is 2. The maximum absolute atomic E-state index is 12.4. The number of halogens is 1. The fourth-order valence-electron chi connectivity index (χ4n) is 3.30. The number of piperazine rings is 1. The van der Waals surface area contributed by atoms with Crippen LogP contribution in [0, 0.1) is 0 Å². The Hall–Kier alpha value is -2.79. The molecule has 2 aromatic carbocycles. The van der Waals surface area contributed by atoms with Crippen molar-refractivity contribution in [3.8, 4) is 0 Å². The van der Waals surface area contributed by atoms with Gasteiger partial charge in [0.15, 0.2) is 0 Å². The minimum absolute atomic E-state index is 0.00741. The summed E-state index contributed by atoms with van der Waals surface area (Å²) >= 11 is 6.46. The van der Waals surface area contributed by atoms with E-state index in [4.69, 9.17) is 11.6 Å². The van der Waals surface area contributed by atoms with Gasteiger partial charge in [0.25, 0.3) is 0 Å². The number of anilines is 2. The summed E-state index contributed by atoms with van der Waals surface area (Å²) < 4.78 is 0. The molecule has 0 spiro atoms. The molecule has 0 unspecified atom stereocenters. The van der Waals surface area contributed by atoms with Crippen molar-refractivity contribution in [1.29, 1.82) is 0 Å². The molecule has 0 saturated carbocycles. The first-order chi connectivity index (χ1) is 14.1. The van der Waals surface area contributed by atoms with E-state index in [2.05, 4.69) is 10.2 Å². The molecule has 1 aliphatic heterocycles. The second-order valence-corrected chi connectivity index (χ2v) is 7.43. The van der Waals surface area contributed by atoms with Gasteiger partial charge in [-0.15, -0.1) is 0 Å². The highest BCUT2D eigenvalue weighted by Gasteiger charge is 2.21. The molecule has 0 radical (unpaired) electrons. The van der Waals surface area contributed by atoms with Crippen LogP contribution in [0.4, 0.5) is 11.4 Å². The zero-order valence-electron chi connectivity index (χ0n) is 16.6. The van der Waals surface area contributed by atoms with Gasteiger partial charge < -0.3 is 15.1 Å². The lowest BCUT2D eigenvalue weighted by molar-refractivity contribution is -0.126. The molecule has 6 heteroatoms. The topological polar surface area (TPSA) is 52.7 Å². The Kier molecular flexibility index (Phi) is 7.30. The summed E-state index contributed by atoms with van der Waals surface area (Å²) in [5.41, 5.74) is 2.64. The van der Waals surface area contributed by atoms with E-state index in [0.29, 0.717) is 43.3 Å². The Bertz CT molecular complexity index is 875. The van der Waals surface area contributed by atoms with Crippen molar-refractivity contribution >= 4 is 40.9 Å². The van der Waals surface area contributed by atoms with E-state index in [1.807, 2.05) is 60.4 Å². The van der Waals surface area contributed by atoms with Crippen LogP contribution in [0.3, 0.4) is 0 Å². The van der Waals surface area contributed by atoms with Gasteiger partial charge in [0.2, 0.25) is 11.8 Å². The highest BCUT2D eigenvalue weighted by atomic mass is 35.5. The van der Waals surface area contributed by atoms with E-state index in [0.717, 1.165) is 17.7 Å². The van der Waals surface area contributed by atoms with Crippen LogP contribution in [0.1, 0.15) is 25.3 Å². The van der Waals surface area contributed by atoms with Crippen LogP contribution in [0.15, 0.2) is 54.6 Å². The summed E-state index contributed by atoms with van der Waals surface area (Å²) in [5, 5.41) is 3.46. The van der Waals surface area contributed by atoms with E-state index in [1.165, 1.54) is 0 Å². The normalized spacial score (nSPS) is 14.3. The maximum atomic E-state index is 12.4. The molecule has 152 valence electrons. The first-order valence-electron chi connectivity index (χ1n) is 9.93. The zero-order valence-corrected chi connectivity index (χ0v) is 17.4. The number of carbonyl (C=O) groups excluding carboxylic acids is 2. The van der Waals surface area contributed by atoms with Crippen molar-refractivity contribution in [3.05, 3.63) is 65.2 Å². The Morgan fingerprint density at radius 3 is 2.45 bits per heavy atom. The van der Waals surface area contributed by atoms with Crippen LogP contribution < -0.4 is 10.2 Å². The second-order valence-electron chi connectivity index (χ2n) is 7.02. The number of hydrogen-bond acceptors (Lipinski definition) is 3. The largest absolute Gasteiger partial charge is 0.367 e. The van der Waals surface area contributed by atoms with Gasteiger partial charge in [-0.25, -0.2) is 0 Å². The minimum atomic E-state index is -0.00741. The lowest BCUT2D eigenvalue weighted by Crippen LogP contribution is -2.48. The van der Waals surface area contributed by atoms with E-state index in [9.17, 15) is 9.59 Å². The molecular formula is C23H26ClN3O2. The van der Waals surface area contributed by atoms with Crippen LogP contribution in [-0.4, -0.2) is 42.9 Å². The lowest BCUT2D eigenvalue weighted by atomic mass is 10.2. The first kappa shape index (κ1) is 20.9. The zero-order chi connectivity index (χ0) is 20.6. The fraction of sp³-hybridized carbons (Fsp3) is 0.304. The molecule has 3 rings (SSSR count). The Morgan fingerprint density at radius 1 is 1.07 bits per heavy atom. The van der Waals surface area contributed by atoms with Crippen LogP contribution in [-0.2, 0) is 9.59 Å². The van der Waals surface area contributed by atoms with Crippen molar-refractivity contribution in [2.24, 2.45) is 0 Å². The van der Waals surface area contributed by atoms with Crippen molar-refractivity contribution in [2.45, 2.75) is 19.8 Å². The van der Waals surface area contributed by atoms with Crippen LogP contribution in [0.25, 0.3) is 6.08 Å². The quantitative estimate of drug-likeness (QED) is 0.715. The molecule has 1 fully saturated rings. The molecule has 1 N–H and O–H groups in total. The average molecular weight is 412 g/mol. The van der Waals surface area contributed by atoms with Crippen molar-refractivity contribution in [1.82, 2.24) is 4.90 Å². The first-order valence-corrected chi connectivity index (χ1v) is 10.3. The number of nitrogens with one attached hydrogen (secondary N) is 1. The third-order valence-electron chi connectivity index (χ3n) is 4.86. The minimum Gasteiger partial charge on any atom is -0.367 e.